The Kier molecular flexibility index (Phi) is 2.42. The van der Waals surface area contributed by atoms with E-state index < -0.39 is 17.6 Å². The van der Waals surface area contributed by atoms with Gasteiger partial charge in [0.1, 0.15) is 5.69 Å². The Morgan fingerprint density at radius 2 is 1.88 bits per heavy atom. The Bertz CT molecular complexity index is 553. The lowest BCUT2D eigenvalue weighted by molar-refractivity contribution is -0.266. The number of alkyl halides is 3. The predicted molar refractivity (Wildman–Crippen MR) is 51.2 cm³/mol. The van der Waals surface area contributed by atoms with E-state index in [9.17, 15) is 18.3 Å². The maximum absolute atomic E-state index is 12.4. The number of aromatic nitrogens is 1. The smallest absolute Gasteiger partial charge is 0.433 e. The van der Waals surface area contributed by atoms with E-state index in [1.807, 2.05) is 0 Å². The van der Waals surface area contributed by atoms with Gasteiger partial charge < -0.3 is 5.11 Å². The zero-order valence-corrected chi connectivity index (χ0v) is 8.43. The van der Waals surface area contributed by atoms with E-state index in [4.69, 9.17) is 11.6 Å². The van der Waals surface area contributed by atoms with E-state index in [0.29, 0.717) is 6.07 Å². The van der Waals surface area contributed by atoms with E-state index in [-0.39, 0.29) is 15.9 Å². The topological polar surface area (TPSA) is 36.0 Å². The first-order valence-electron chi connectivity index (χ1n) is 4.22. The molecule has 0 N–H and O–H groups in total. The molecule has 2 nitrogen and oxygen atoms in total. The summed E-state index contributed by atoms with van der Waals surface area (Å²) in [5, 5.41) is 11.7. The Morgan fingerprint density at radius 3 is 2.50 bits per heavy atom. The Balaban J connectivity index is 2.75. The predicted octanol–water partition coefficient (Wildman–Crippen LogP) is 2.98. The second-order valence-electron chi connectivity index (χ2n) is 3.16. The molecular formula is C10H4ClF3NO-. The van der Waals surface area contributed by atoms with E-state index >= 15 is 0 Å². The summed E-state index contributed by atoms with van der Waals surface area (Å²) < 4.78 is 37.1. The number of fused-ring (bicyclic) bond motifs is 1. The SMILES string of the molecule is [O-]c1cc(C(F)(F)F)nc2cc(Cl)ccc12. The quantitative estimate of drug-likeness (QED) is 0.716. The molecule has 6 heteroatoms. The highest BCUT2D eigenvalue weighted by atomic mass is 35.5. The maximum atomic E-state index is 12.4. The van der Waals surface area contributed by atoms with Crippen molar-refractivity contribution in [2.24, 2.45) is 0 Å². The lowest BCUT2D eigenvalue weighted by atomic mass is 10.2. The van der Waals surface area contributed by atoms with E-state index in [1.165, 1.54) is 18.2 Å². The van der Waals surface area contributed by atoms with Crippen LogP contribution in [-0.4, -0.2) is 4.98 Å². The number of benzene rings is 1. The molecular weight excluding hydrogens is 243 g/mol. The molecule has 2 rings (SSSR count). The molecule has 0 spiro atoms. The molecule has 0 amide bonds. The second-order valence-corrected chi connectivity index (χ2v) is 3.60. The molecule has 0 aliphatic heterocycles. The van der Waals surface area contributed by atoms with Gasteiger partial charge in [-0.2, -0.15) is 13.2 Å². The number of rotatable bonds is 0. The lowest BCUT2D eigenvalue weighted by Gasteiger charge is -2.14. The second kappa shape index (κ2) is 3.52. The summed E-state index contributed by atoms with van der Waals surface area (Å²) in [6.07, 6.45) is -4.63. The van der Waals surface area contributed by atoms with Gasteiger partial charge in [0, 0.05) is 5.02 Å². The molecule has 2 aromatic rings. The summed E-state index contributed by atoms with van der Waals surface area (Å²) in [7, 11) is 0. The number of nitrogens with zero attached hydrogens (tertiary/aromatic N) is 1. The van der Waals surface area contributed by atoms with Crippen LogP contribution in [0.15, 0.2) is 24.3 Å². The third-order valence-electron chi connectivity index (χ3n) is 2.02. The molecule has 0 atom stereocenters. The highest BCUT2D eigenvalue weighted by molar-refractivity contribution is 6.31. The summed E-state index contributed by atoms with van der Waals surface area (Å²) in [5.41, 5.74) is -1.25. The van der Waals surface area contributed by atoms with Crippen molar-refractivity contribution in [1.29, 1.82) is 0 Å². The van der Waals surface area contributed by atoms with Crippen molar-refractivity contribution in [3.05, 3.63) is 35.0 Å². The highest BCUT2D eigenvalue weighted by Gasteiger charge is 2.32. The third-order valence-corrected chi connectivity index (χ3v) is 2.26. The van der Waals surface area contributed by atoms with Gasteiger partial charge in [-0.1, -0.05) is 23.4 Å². The van der Waals surface area contributed by atoms with Gasteiger partial charge in [-0.15, -0.1) is 0 Å². The maximum Gasteiger partial charge on any atom is 0.433 e. The first kappa shape index (κ1) is 11.0. The van der Waals surface area contributed by atoms with Crippen LogP contribution in [0.1, 0.15) is 5.69 Å². The van der Waals surface area contributed by atoms with Crippen LogP contribution >= 0.6 is 11.6 Å². The number of pyridine rings is 1. The molecule has 1 aromatic heterocycles. The lowest BCUT2D eigenvalue weighted by Crippen LogP contribution is -2.09. The van der Waals surface area contributed by atoms with Gasteiger partial charge in [0.15, 0.2) is 0 Å². The summed E-state index contributed by atoms with van der Waals surface area (Å²) in [6.45, 7) is 0. The minimum atomic E-state index is -4.63. The molecule has 0 radical (unpaired) electrons. The van der Waals surface area contributed by atoms with E-state index in [2.05, 4.69) is 4.98 Å². The van der Waals surface area contributed by atoms with Gasteiger partial charge in [-0.05, 0) is 23.6 Å². The molecule has 0 unspecified atom stereocenters. The van der Waals surface area contributed by atoms with Gasteiger partial charge in [0.05, 0.1) is 5.52 Å². The van der Waals surface area contributed by atoms with E-state index in [0.717, 1.165) is 0 Å². The molecule has 16 heavy (non-hydrogen) atoms. The van der Waals surface area contributed by atoms with Gasteiger partial charge in [-0.25, -0.2) is 4.98 Å². The molecule has 0 saturated heterocycles. The number of hydrogen-bond acceptors (Lipinski definition) is 2. The Morgan fingerprint density at radius 1 is 1.19 bits per heavy atom. The first-order chi connectivity index (χ1) is 7.38. The first-order valence-corrected chi connectivity index (χ1v) is 4.60. The van der Waals surface area contributed by atoms with Crippen LogP contribution in [0.4, 0.5) is 13.2 Å². The average molecular weight is 247 g/mol. The van der Waals surface area contributed by atoms with Crippen molar-refractivity contribution in [1.82, 2.24) is 4.98 Å². The summed E-state index contributed by atoms with van der Waals surface area (Å²) >= 11 is 5.61. The van der Waals surface area contributed by atoms with Crippen LogP contribution in [0.25, 0.3) is 10.9 Å². The van der Waals surface area contributed by atoms with E-state index in [1.54, 1.807) is 0 Å². The number of halogens is 4. The number of hydrogen-bond donors (Lipinski definition) is 0. The Labute approximate surface area is 93.3 Å². The average Bonchev–Trinajstić information content (AvgIpc) is 2.15. The fourth-order valence-electron chi connectivity index (χ4n) is 1.31. The van der Waals surface area contributed by atoms with Gasteiger partial charge >= 0.3 is 6.18 Å². The minimum absolute atomic E-state index is 0.0488. The summed E-state index contributed by atoms with van der Waals surface area (Å²) in [4.78, 5) is 3.36. The van der Waals surface area contributed by atoms with Gasteiger partial charge in [0.2, 0.25) is 0 Å². The normalized spacial score (nSPS) is 12.0. The molecule has 0 aliphatic carbocycles. The zero-order valence-electron chi connectivity index (χ0n) is 7.68. The molecule has 0 bridgehead atoms. The fourth-order valence-corrected chi connectivity index (χ4v) is 1.48. The fraction of sp³-hybridized carbons (Fsp3) is 0.100. The molecule has 1 heterocycles. The van der Waals surface area contributed by atoms with Crippen LogP contribution in [0.5, 0.6) is 5.75 Å². The largest absolute Gasteiger partial charge is 0.872 e. The minimum Gasteiger partial charge on any atom is -0.872 e. The summed E-state index contributed by atoms with van der Waals surface area (Å²) in [6, 6.07) is 4.50. The van der Waals surface area contributed by atoms with Crippen molar-refractivity contribution in [3.63, 3.8) is 0 Å². The van der Waals surface area contributed by atoms with Crippen LogP contribution in [0.3, 0.4) is 0 Å². The standard InChI is InChI=1S/C10H5ClF3NO/c11-5-1-2-6-7(3-5)15-9(4-8(6)16)10(12,13)14/h1-4H,(H,15,16)/p-1. The molecule has 0 saturated carbocycles. The Hall–Kier alpha value is -1.49. The van der Waals surface area contributed by atoms with Gasteiger partial charge in [0.25, 0.3) is 0 Å². The molecule has 1 aromatic carbocycles. The van der Waals surface area contributed by atoms with Crippen LogP contribution in [-0.2, 0) is 6.18 Å². The van der Waals surface area contributed by atoms with Crippen molar-refractivity contribution >= 4 is 22.5 Å². The molecule has 84 valence electrons. The summed E-state index contributed by atoms with van der Waals surface area (Å²) in [5.74, 6) is -0.714. The van der Waals surface area contributed by atoms with Gasteiger partial charge in [-0.3, -0.25) is 0 Å². The molecule has 0 aliphatic rings. The monoisotopic (exact) mass is 246 g/mol. The van der Waals surface area contributed by atoms with Crippen LogP contribution < -0.4 is 5.11 Å². The van der Waals surface area contributed by atoms with Crippen molar-refractivity contribution in [2.45, 2.75) is 6.18 Å². The van der Waals surface area contributed by atoms with Crippen molar-refractivity contribution in [2.75, 3.05) is 0 Å². The van der Waals surface area contributed by atoms with Crippen molar-refractivity contribution < 1.29 is 18.3 Å². The third kappa shape index (κ3) is 1.90. The van der Waals surface area contributed by atoms with Crippen molar-refractivity contribution in [3.8, 4) is 5.75 Å². The highest BCUT2D eigenvalue weighted by Crippen LogP contribution is 2.33. The zero-order chi connectivity index (χ0) is 11.9. The molecule has 0 fully saturated rings. The van der Waals surface area contributed by atoms with Crippen LogP contribution in [0.2, 0.25) is 5.02 Å². The van der Waals surface area contributed by atoms with Crippen LogP contribution in [0, 0.1) is 0 Å².